The van der Waals surface area contributed by atoms with E-state index in [1.54, 1.807) is 30.3 Å². The van der Waals surface area contributed by atoms with Crippen molar-refractivity contribution in [1.29, 1.82) is 0 Å². The molecule has 0 saturated carbocycles. The van der Waals surface area contributed by atoms with Crippen LogP contribution in [-0.4, -0.2) is 52.5 Å². The van der Waals surface area contributed by atoms with Crippen LogP contribution in [0.25, 0.3) is 0 Å². The molecule has 3 aromatic rings. The fourth-order valence-corrected chi connectivity index (χ4v) is 3.14. The zero-order valence-corrected chi connectivity index (χ0v) is 20.4. The van der Waals surface area contributed by atoms with Gasteiger partial charge >= 0.3 is 5.97 Å². The monoisotopic (exact) mass is 495 g/mol. The number of hydrogen-bond donors (Lipinski definition) is 1. The van der Waals surface area contributed by atoms with Crippen LogP contribution in [-0.2, 0) is 9.53 Å². The maximum Gasteiger partial charge on any atom is 0.338 e. The van der Waals surface area contributed by atoms with Crippen LogP contribution in [0.15, 0.2) is 66.7 Å². The van der Waals surface area contributed by atoms with Crippen molar-refractivity contribution in [2.75, 3.05) is 46.0 Å². The van der Waals surface area contributed by atoms with Crippen molar-refractivity contribution in [3.8, 4) is 28.7 Å². The summed E-state index contributed by atoms with van der Waals surface area (Å²) in [7, 11) is 3.01. The van der Waals surface area contributed by atoms with Crippen LogP contribution in [0, 0.1) is 0 Å². The summed E-state index contributed by atoms with van der Waals surface area (Å²) in [6.45, 7) is 2.35. The molecule has 9 heteroatoms. The number of carbonyl (C=O) groups excluding carboxylic acids is 2. The largest absolute Gasteiger partial charge is 0.497 e. The molecule has 0 spiro atoms. The maximum atomic E-state index is 12.5. The van der Waals surface area contributed by atoms with Crippen LogP contribution in [0.2, 0.25) is 0 Å². The molecule has 0 aliphatic rings. The first-order chi connectivity index (χ1) is 17.5. The van der Waals surface area contributed by atoms with Gasteiger partial charge in [-0.15, -0.1) is 0 Å². The molecular formula is C27H29NO8. The molecule has 0 aliphatic carbocycles. The quantitative estimate of drug-likeness (QED) is 0.276. The number of methoxy groups -OCH3 is 2. The van der Waals surface area contributed by atoms with E-state index in [2.05, 4.69) is 5.32 Å². The highest BCUT2D eigenvalue weighted by molar-refractivity contribution is 5.96. The summed E-state index contributed by atoms with van der Waals surface area (Å²) in [5.74, 6) is 1.45. The van der Waals surface area contributed by atoms with Gasteiger partial charge in [0.25, 0.3) is 5.91 Å². The summed E-state index contributed by atoms with van der Waals surface area (Å²) < 4.78 is 32.5. The zero-order chi connectivity index (χ0) is 25.8. The summed E-state index contributed by atoms with van der Waals surface area (Å²) in [4.78, 5) is 24.8. The molecule has 1 amide bonds. The van der Waals surface area contributed by atoms with E-state index in [1.165, 1.54) is 20.3 Å². The van der Waals surface area contributed by atoms with Gasteiger partial charge in [0, 0.05) is 23.9 Å². The molecule has 0 unspecified atom stereocenters. The molecule has 0 fully saturated rings. The predicted octanol–water partition coefficient (Wildman–Crippen LogP) is 4.36. The van der Waals surface area contributed by atoms with Crippen molar-refractivity contribution in [2.45, 2.75) is 6.92 Å². The van der Waals surface area contributed by atoms with Crippen molar-refractivity contribution in [3.63, 3.8) is 0 Å². The molecule has 0 radical (unpaired) electrons. The smallest absolute Gasteiger partial charge is 0.338 e. The molecule has 1 N–H and O–H groups in total. The lowest BCUT2D eigenvalue weighted by atomic mass is 10.2. The first kappa shape index (κ1) is 26.2. The van der Waals surface area contributed by atoms with Crippen LogP contribution in [0.3, 0.4) is 0 Å². The van der Waals surface area contributed by atoms with E-state index in [4.69, 9.17) is 28.4 Å². The van der Waals surface area contributed by atoms with Crippen LogP contribution >= 0.6 is 0 Å². The Balaban J connectivity index is 1.54. The molecule has 3 aromatic carbocycles. The normalized spacial score (nSPS) is 10.2. The van der Waals surface area contributed by atoms with Gasteiger partial charge in [-0.25, -0.2) is 4.79 Å². The minimum absolute atomic E-state index is 0.224. The molecular weight excluding hydrogens is 466 g/mol. The topological polar surface area (TPSA) is 102 Å². The summed E-state index contributed by atoms with van der Waals surface area (Å²) >= 11 is 0. The number of nitrogens with one attached hydrogen (secondary N) is 1. The number of carbonyl (C=O) groups is 2. The second-order valence-corrected chi connectivity index (χ2v) is 7.33. The third kappa shape index (κ3) is 7.83. The van der Waals surface area contributed by atoms with Crippen LogP contribution in [0.1, 0.15) is 17.3 Å². The van der Waals surface area contributed by atoms with Gasteiger partial charge in [-0.2, -0.15) is 0 Å². The molecule has 36 heavy (non-hydrogen) atoms. The van der Waals surface area contributed by atoms with Gasteiger partial charge < -0.3 is 33.7 Å². The predicted molar refractivity (Wildman–Crippen MR) is 134 cm³/mol. The van der Waals surface area contributed by atoms with E-state index < -0.39 is 18.5 Å². The fraction of sp³-hybridized carbons (Fsp3) is 0.259. The van der Waals surface area contributed by atoms with Gasteiger partial charge in [0.05, 0.1) is 26.4 Å². The van der Waals surface area contributed by atoms with Gasteiger partial charge in [-0.05, 0) is 37.3 Å². The average Bonchev–Trinajstić information content (AvgIpc) is 2.90. The first-order valence-electron chi connectivity index (χ1n) is 11.3. The van der Waals surface area contributed by atoms with Crippen LogP contribution in [0.5, 0.6) is 28.7 Å². The van der Waals surface area contributed by atoms with Gasteiger partial charge in [0.15, 0.2) is 18.1 Å². The molecule has 0 bridgehead atoms. The third-order valence-electron chi connectivity index (χ3n) is 4.80. The molecule has 9 nitrogen and oxygen atoms in total. The van der Waals surface area contributed by atoms with E-state index in [-0.39, 0.29) is 12.2 Å². The average molecular weight is 496 g/mol. The number of benzene rings is 3. The summed E-state index contributed by atoms with van der Waals surface area (Å²) in [5.41, 5.74) is 0.672. The third-order valence-corrected chi connectivity index (χ3v) is 4.80. The lowest BCUT2D eigenvalue weighted by molar-refractivity contribution is -0.119. The standard InChI is InChI=1S/C27H29NO8/c1-4-33-25-14-19(10-11-24(25)35-13-12-34-21-8-6-5-7-9-21)27(30)36-18-26(29)28-20-15-22(31-2)17-23(16-20)32-3/h5-11,14-17H,4,12-13,18H2,1-3H3,(H,28,29). The SMILES string of the molecule is CCOc1cc(C(=O)OCC(=O)Nc2cc(OC)cc(OC)c2)ccc1OCCOc1ccccc1. The fourth-order valence-electron chi connectivity index (χ4n) is 3.14. The van der Waals surface area contributed by atoms with Crippen molar-refractivity contribution in [1.82, 2.24) is 0 Å². The summed E-state index contributed by atoms with van der Waals surface area (Å²) in [6, 6.07) is 19.0. The zero-order valence-electron chi connectivity index (χ0n) is 20.4. The highest BCUT2D eigenvalue weighted by Gasteiger charge is 2.15. The minimum Gasteiger partial charge on any atom is -0.497 e. The molecule has 0 saturated heterocycles. The molecule has 3 rings (SSSR count). The number of para-hydroxylation sites is 1. The number of hydrogen-bond acceptors (Lipinski definition) is 8. The number of ether oxygens (including phenoxy) is 6. The molecule has 190 valence electrons. The van der Waals surface area contributed by atoms with Crippen molar-refractivity contribution in [2.24, 2.45) is 0 Å². The second-order valence-electron chi connectivity index (χ2n) is 7.33. The second kappa shape index (κ2) is 13.5. The van der Waals surface area contributed by atoms with E-state index in [0.717, 1.165) is 5.75 Å². The summed E-state index contributed by atoms with van der Waals surface area (Å²) in [6.07, 6.45) is 0. The van der Waals surface area contributed by atoms with Crippen molar-refractivity contribution < 1.29 is 38.0 Å². The van der Waals surface area contributed by atoms with Crippen molar-refractivity contribution >= 4 is 17.6 Å². The Labute approximate surface area is 209 Å². The molecule has 0 heterocycles. The van der Waals surface area contributed by atoms with Gasteiger partial charge in [0.2, 0.25) is 0 Å². The molecule has 0 atom stereocenters. The number of rotatable bonds is 13. The lowest BCUT2D eigenvalue weighted by Crippen LogP contribution is -2.21. The number of amides is 1. The van der Waals surface area contributed by atoms with E-state index in [1.807, 2.05) is 37.3 Å². The summed E-state index contributed by atoms with van der Waals surface area (Å²) in [5, 5.41) is 2.65. The number of anilines is 1. The Morgan fingerprint density at radius 3 is 2.11 bits per heavy atom. The minimum atomic E-state index is -0.673. The Kier molecular flexibility index (Phi) is 9.81. The molecule has 0 aromatic heterocycles. The van der Waals surface area contributed by atoms with Crippen molar-refractivity contribution in [3.05, 3.63) is 72.3 Å². The lowest BCUT2D eigenvalue weighted by Gasteiger charge is -2.14. The van der Waals surface area contributed by atoms with Gasteiger partial charge in [-0.1, -0.05) is 18.2 Å². The van der Waals surface area contributed by atoms with E-state index in [0.29, 0.717) is 41.9 Å². The Morgan fingerprint density at radius 2 is 1.44 bits per heavy atom. The Hall–Kier alpha value is -4.40. The Bertz CT molecular complexity index is 1130. The van der Waals surface area contributed by atoms with Crippen LogP contribution < -0.4 is 29.0 Å². The highest BCUT2D eigenvalue weighted by Crippen LogP contribution is 2.29. The number of esters is 1. The van der Waals surface area contributed by atoms with E-state index in [9.17, 15) is 9.59 Å². The first-order valence-corrected chi connectivity index (χ1v) is 11.3. The van der Waals surface area contributed by atoms with Gasteiger partial charge in [0.1, 0.15) is 30.5 Å². The van der Waals surface area contributed by atoms with E-state index >= 15 is 0 Å². The Morgan fingerprint density at radius 1 is 0.750 bits per heavy atom. The van der Waals surface area contributed by atoms with Gasteiger partial charge in [-0.3, -0.25) is 4.79 Å². The maximum absolute atomic E-state index is 12.5. The van der Waals surface area contributed by atoms with Crippen LogP contribution in [0.4, 0.5) is 5.69 Å². The molecule has 0 aliphatic heterocycles. The highest BCUT2D eigenvalue weighted by atomic mass is 16.5.